The van der Waals surface area contributed by atoms with Crippen LogP contribution in [-0.4, -0.2) is 59.1 Å². The molecule has 2 aliphatic heterocycles. The highest BCUT2D eigenvalue weighted by molar-refractivity contribution is 5.46. The molecule has 8 heteroatoms. The van der Waals surface area contributed by atoms with E-state index in [2.05, 4.69) is 44.7 Å². The summed E-state index contributed by atoms with van der Waals surface area (Å²) in [5, 5.41) is 12.6. The number of aromatic nitrogens is 4. The molecule has 2 fully saturated rings. The Labute approximate surface area is 181 Å². The smallest absolute Gasteiger partial charge is 0.214 e. The minimum Gasteiger partial charge on any atom is -0.376 e. The Balaban J connectivity index is 1.42. The van der Waals surface area contributed by atoms with Crippen LogP contribution in [0.4, 0.5) is 10.1 Å². The lowest BCUT2D eigenvalue weighted by atomic mass is 10.0. The number of quaternary nitrogens is 1. The van der Waals surface area contributed by atoms with E-state index in [-0.39, 0.29) is 18.0 Å². The van der Waals surface area contributed by atoms with E-state index in [9.17, 15) is 4.39 Å². The maximum Gasteiger partial charge on any atom is 0.214 e. The van der Waals surface area contributed by atoms with Gasteiger partial charge in [0.2, 0.25) is 5.82 Å². The fraction of sp³-hybridized carbons (Fsp3) is 0.435. The van der Waals surface area contributed by atoms with Crippen LogP contribution < -0.4 is 9.80 Å². The number of para-hydroxylation sites is 1. The molecule has 0 unspecified atom stereocenters. The second-order valence-corrected chi connectivity index (χ2v) is 8.29. The van der Waals surface area contributed by atoms with Crippen molar-refractivity contribution in [2.24, 2.45) is 0 Å². The number of hydrogen-bond donors (Lipinski definition) is 1. The van der Waals surface area contributed by atoms with E-state index in [1.54, 1.807) is 6.07 Å². The molecule has 1 aromatic heterocycles. The average Bonchev–Trinajstić information content (AvgIpc) is 3.49. The second-order valence-electron chi connectivity index (χ2n) is 8.29. The molecular weight excluding hydrogens is 395 g/mol. The molecule has 0 aliphatic carbocycles. The van der Waals surface area contributed by atoms with Crippen LogP contribution in [0, 0.1) is 5.82 Å². The number of rotatable bonds is 6. The lowest BCUT2D eigenvalue weighted by molar-refractivity contribution is -0.927. The Morgan fingerprint density at radius 1 is 1.06 bits per heavy atom. The summed E-state index contributed by atoms with van der Waals surface area (Å²) >= 11 is 0. The number of nitrogens with one attached hydrogen (secondary N) is 1. The summed E-state index contributed by atoms with van der Waals surface area (Å²) in [7, 11) is 0. The predicted molar refractivity (Wildman–Crippen MR) is 114 cm³/mol. The Hall–Kier alpha value is -2.84. The summed E-state index contributed by atoms with van der Waals surface area (Å²) in [6, 6.07) is 17.2. The van der Waals surface area contributed by atoms with Crippen LogP contribution >= 0.6 is 0 Å². The third-order valence-electron chi connectivity index (χ3n) is 6.37. The average molecular weight is 424 g/mol. The second kappa shape index (κ2) is 9.11. The number of tetrazole rings is 1. The first-order chi connectivity index (χ1) is 15.3. The maximum absolute atomic E-state index is 14.9. The molecule has 162 valence electrons. The number of ether oxygens (including phenoxy) is 1. The summed E-state index contributed by atoms with van der Waals surface area (Å²) in [6.45, 7) is 4.94. The molecule has 7 nitrogen and oxygen atoms in total. The van der Waals surface area contributed by atoms with Gasteiger partial charge in [0.25, 0.3) is 0 Å². The molecule has 0 amide bonds. The topological polar surface area (TPSA) is 60.5 Å². The number of anilines is 1. The number of hydrogen-bond acceptors (Lipinski definition) is 5. The molecule has 2 aromatic carbocycles. The van der Waals surface area contributed by atoms with E-state index in [0.717, 1.165) is 45.6 Å². The van der Waals surface area contributed by atoms with Gasteiger partial charge < -0.3 is 14.5 Å². The van der Waals surface area contributed by atoms with Gasteiger partial charge in [-0.25, -0.2) is 9.07 Å². The Kier molecular flexibility index (Phi) is 5.90. The highest BCUT2D eigenvalue weighted by Crippen LogP contribution is 2.23. The molecule has 2 atom stereocenters. The lowest BCUT2D eigenvalue weighted by Crippen LogP contribution is -3.15. The molecule has 0 saturated carbocycles. The highest BCUT2D eigenvalue weighted by atomic mass is 19.1. The fourth-order valence-corrected chi connectivity index (χ4v) is 4.76. The zero-order valence-electron chi connectivity index (χ0n) is 17.5. The zero-order valence-corrected chi connectivity index (χ0v) is 17.5. The van der Waals surface area contributed by atoms with Gasteiger partial charge in [0.05, 0.1) is 44.4 Å². The molecular formula is C23H28FN6O+. The van der Waals surface area contributed by atoms with E-state index in [1.165, 1.54) is 16.7 Å². The standard InChI is InChI=1S/C23H27FN6O/c24-21-11-5-4-10-20(21)22(23-25-26-27-30(23)17-19-9-6-16-31-19)29-14-12-28(13-15-29)18-7-2-1-3-8-18/h1-5,7-8,10-11,19,22H,6,9,12-17H2/p+1/t19-,22-/m1/s1. The molecule has 0 radical (unpaired) electrons. The van der Waals surface area contributed by atoms with Crippen LogP contribution in [0.15, 0.2) is 54.6 Å². The summed E-state index contributed by atoms with van der Waals surface area (Å²) < 4.78 is 22.6. The van der Waals surface area contributed by atoms with Crippen molar-refractivity contribution >= 4 is 5.69 Å². The van der Waals surface area contributed by atoms with Gasteiger partial charge in [-0.15, -0.1) is 5.10 Å². The SMILES string of the molecule is Fc1ccccc1[C@H](c1nnnn1C[C@H]1CCCO1)[NH+]1CCN(c2ccccc2)CC1. The van der Waals surface area contributed by atoms with Crippen LogP contribution in [0.3, 0.4) is 0 Å². The maximum atomic E-state index is 14.9. The first-order valence-electron chi connectivity index (χ1n) is 11.1. The van der Waals surface area contributed by atoms with Gasteiger partial charge in [-0.2, -0.15) is 0 Å². The van der Waals surface area contributed by atoms with Crippen molar-refractivity contribution < 1.29 is 14.0 Å². The molecule has 2 saturated heterocycles. The van der Waals surface area contributed by atoms with Crippen LogP contribution in [0.5, 0.6) is 0 Å². The molecule has 0 spiro atoms. The van der Waals surface area contributed by atoms with Crippen molar-refractivity contribution in [3.8, 4) is 0 Å². The summed E-state index contributed by atoms with van der Waals surface area (Å²) in [4.78, 5) is 3.66. The molecule has 31 heavy (non-hydrogen) atoms. The van der Waals surface area contributed by atoms with E-state index in [4.69, 9.17) is 4.74 Å². The summed E-state index contributed by atoms with van der Waals surface area (Å²) in [5.41, 5.74) is 1.88. The zero-order chi connectivity index (χ0) is 21.0. The Morgan fingerprint density at radius 3 is 2.58 bits per heavy atom. The molecule has 3 heterocycles. The van der Waals surface area contributed by atoms with Gasteiger partial charge in [0, 0.05) is 12.3 Å². The van der Waals surface area contributed by atoms with Gasteiger partial charge >= 0.3 is 0 Å². The molecule has 5 rings (SSSR count). The molecule has 2 aliphatic rings. The number of piperazine rings is 1. The van der Waals surface area contributed by atoms with E-state index in [1.807, 2.05) is 22.9 Å². The number of halogens is 1. The van der Waals surface area contributed by atoms with E-state index < -0.39 is 0 Å². The van der Waals surface area contributed by atoms with Crippen molar-refractivity contribution in [3.05, 3.63) is 71.8 Å². The molecule has 3 aromatic rings. The third kappa shape index (κ3) is 4.31. The van der Waals surface area contributed by atoms with Crippen LogP contribution in [0.25, 0.3) is 0 Å². The summed E-state index contributed by atoms with van der Waals surface area (Å²) in [5.74, 6) is 0.501. The first kappa shape index (κ1) is 20.1. The van der Waals surface area contributed by atoms with Gasteiger partial charge in [-0.3, -0.25) is 0 Å². The monoisotopic (exact) mass is 423 g/mol. The number of benzene rings is 2. The number of nitrogens with zero attached hydrogens (tertiary/aromatic N) is 5. The minimum atomic E-state index is -0.254. The van der Waals surface area contributed by atoms with Crippen molar-refractivity contribution in [1.29, 1.82) is 0 Å². The highest BCUT2D eigenvalue weighted by Gasteiger charge is 2.36. The van der Waals surface area contributed by atoms with E-state index in [0.29, 0.717) is 17.9 Å². The normalized spacial score (nSPS) is 20.8. The van der Waals surface area contributed by atoms with Gasteiger partial charge in [0.15, 0.2) is 6.04 Å². The van der Waals surface area contributed by atoms with Crippen LogP contribution in [0.1, 0.15) is 30.3 Å². The quantitative estimate of drug-likeness (QED) is 0.651. The van der Waals surface area contributed by atoms with Crippen molar-refractivity contribution in [2.45, 2.75) is 31.5 Å². The van der Waals surface area contributed by atoms with Crippen molar-refractivity contribution in [2.75, 3.05) is 37.7 Å². The molecule has 0 bridgehead atoms. The van der Waals surface area contributed by atoms with Gasteiger partial charge in [-0.05, 0) is 47.5 Å². The Morgan fingerprint density at radius 2 is 1.84 bits per heavy atom. The Bertz CT molecular complexity index is 982. The van der Waals surface area contributed by atoms with E-state index >= 15 is 0 Å². The fourth-order valence-electron chi connectivity index (χ4n) is 4.76. The third-order valence-corrected chi connectivity index (χ3v) is 6.37. The minimum absolute atomic E-state index is 0.119. The van der Waals surface area contributed by atoms with Crippen molar-refractivity contribution in [1.82, 2.24) is 20.2 Å². The summed E-state index contributed by atoms with van der Waals surface area (Å²) in [6.07, 6.45) is 2.19. The van der Waals surface area contributed by atoms with Crippen LogP contribution in [0.2, 0.25) is 0 Å². The van der Waals surface area contributed by atoms with Crippen LogP contribution in [-0.2, 0) is 11.3 Å². The first-order valence-corrected chi connectivity index (χ1v) is 11.1. The molecule has 1 N–H and O–H groups in total. The van der Waals surface area contributed by atoms with Gasteiger partial charge in [-0.1, -0.05) is 30.3 Å². The lowest BCUT2D eigenvalue weighted by Gasteiger charge is -2.37. The van der Waals surface area contributed by atoms with Gasteiger partial charge in [0.1, 0.15) is 5.82 Å². The largest absolute Gasteiger partial charge is 0.376 e. The predicted octanol–water partition coefficient (Wildman–Crippen LogP) is 1.49. The van der Waals surface area contributed by atoms with Crippen molar-refractivity contribution in [3.63, 3.8) is 0 Å².